The van der Waals surface area contributed by atoms with Gasteiger partial charge in [0.15, 0.2) is 0 Å². The molecule has 4 aromatic carbocycles. The van der Waals surface area contributed by atoms with Gasteiger partial charge in [0.25, 0.3) is 0 Å². The molecule has 0 N–H and O–H groups in total. The summed E-state index contributed by atoms with van der Waals surface area (Å²) in [6, 6.07) is 26.7. The molecule has 0 saturated carbocycles. The molecule has 1 atom stereocenters. The molecule has 0 nitrogen and oxygen atoms in total. The van der Waals surface area contributed by atoms with Crippen LogP contribution in [0.3, 0.4) is 0 Å². The second-order valence-corrected chi connectivity index (χ2v) is 19.6. The van der Waals surface area contributed by atoms with Crippen molar-refractivity contribution in [3.8, 4) is 11.1 Å². The van der Waals surface area contributed by atoms with E-state index in [2.05, 4.69) is 138 Å². The van der Waals surface area contributed by atoms with Crippen molar-refractivity contribution in [1.29, 1.82) is 0 Å². The third-order valence-electron chi connectivity index (χ3n) is 9.87. The maximum absolute atomic E-state index is 5.98. The summed E-state index contributed by atoms with van der Waals surface area (Å²) in [5, 5.41) is 1.53. The molecule has 0 bridgehead atoms. The molecule has 54 heavy (non-hydrogen) atoms. The van der Waals surface area contributed by atoms with Gasteiger partial charge in [0.1, 0.15) is 0 Å². The molecule has 0 fully saturated rings. The van der Waals surface area contributed by atoms with Gasteiger partial charge in [-0.1, -0.05) is 130 Å². The van der Waals surface area contributed by atoms with Crippen LogP contribution in [0.2, 0.25) is 10.0 Å². The SMILES string of the molecule is CCCCC1[C-]=CC(C(C)(C)C)=C1.Cc1[c-]c2c(cc1C(C)(C)C)-c1cc(C(C)(C)C)c(C)cc1C2.Clc1cccc([C](=[Zr+2])c2cccc(Cl)c2)c1.[Cl-].[Cl-]. The molecule has 0 aliphatic heterocycles. The first-order chi connectivity index (χ1) is 24.2. The van der Waals surface area contributed by atoms with E-state index >= 15 is 0 Å². The standard InChI is InChI=1S/C23H29.C13H8Cl2.C13H21.2ClH.Zr/c1-14-9-16-11-17-10-15(2)21(23(6,7)8)13-19(17)18(16)12-20(14)22(3,4)5;14-12-5-1-3-10(8-12)7-11-4-2-6-13(15)9-11;1-5-6-7-11-8-9-12(10-11)13(2,3)4;;;/h9,12-13H,11H2,1-8H3;1-6,8-9H;9-11H,5-7H2,1-4H3;2*1H;/q-1;;-1;;;+2/p-2. The molecule has 0 heterocycles. The second kappa shape index (κ2) is 20.1. The Labute approximate surface area is 365 Å². The van der Waals surface area contributed by atoms with E-state index < -0.39 is 0 Å². The molecule has 5 heteroatoms. The number of rotatable bonds is 5. The summed E-state index contributed by atoms with van der Waals surface area (Å²) in [6.07, 6.45) is 12.9. The van der Waals surface area contributed by atoms with Crippen LogP contribution >= 0.6 is 23.2 Å². The van der Waals surface area contributed by atoms with Gasteiger partial charge in [-0.2, -0.15) is 29.3 Å². The van der Waals surface area contributed by atoms with Gasteiger partial charge in [0.2, 0.25) is 0 Å². The molecule has 2 aliphatic rings. The van der Waals surface area contributed by atoms with Gasteiger partial charge >= 0.3 is 120 Å². The van der Waals surface area contributed by atoms with Gasteiger partial charge in [-0.3, -0.25) is 6.08 Å². The summed E-state index contributed by atoms with van der Waals surface area (Å²) >= 11 is 13.3. The third-order valence-corrected chi connectivity index (χ3v) is 11.8. The van der Waals surface area contributed by atoms with Crippen LogP contribution in [0.15, 0.2) is 84.5 Å². The van der Waals surface area contributed by atoms with Gasteiger partial charge < -0.3 is 24.8 Å². The van der Waals surface area contributed by atoms with Crippen LogP contribution < -0.4 is 24.8 Å². The summed E-state index contributed by atoms with van der Waals surface area (Å²) in [5.41, 5.74) is 15.7. The van der Waals surface area contributed by atoms with Crippen LogP contribution in [-0.4, -0.2) is 3.21 Å². The van der Waals surface area contributed by atoms with Crippen LogP contribution in [0.1, 0.15) is 133 Å². The van der Waals surface area contributed by atoms with Crippen molar-refractivity contribution in [3.05, 3.63) is 151 Å². The molecule has 0 saturated heterocycles. The average Bonchev–Trinajstić information content (AvgIpc) is 3.66. The molecule has 2 aliphatic carbocycles. The zero-order valence-electron chi connectivity index (χ0n) is 34.4. The Bertz CT molecular complexity index is 1850. The molecule has 0 amide bonds. The number of halogens is 4. The van der Waals surface area contributed by atoms with Crippen LogP contribution in [0.5, 0.6) is 0 Å². The number of benzene rings is 4. The fraction of sp³-hybridized carbons (Fsp3) is 0.408. The first-order valence-corrected chi connectivity index (χ1v) is 20.8. The van der Waals surface area contributed by atoms with E-state index in [1.807, 2.05) is 36.4 Å². The zero-order chi connectivity index (χ0) is 38.6. The van der Waals surface area contributed by atoms with Gasteiger partial charge in [0.05, 0.1) is 0 Å². The first kappa shape index (κ1) is 48.4. The minimum absolute atomic E-state index is 0. The zero-order valence-corrected chi connectivity index (χ0v) is 39.9. The van der Waals surface area contributed by atoms with Crippen molar-refractivity contribution in [1.82, 2.24) is 0 Å². The molecule has 288 valence electrons. The summed E-state index contributed by atoms with van der Waals surface area (Å²) in [4.78, 5) is 0. The summed E-state index contributed by atoms with van der Waals surface area (Å²) in [6.45, 7) is 27.3. The van der Waals surface area contributed by atoms with Gasteiger partial charge in [0, 0.05) is 0 Å². The van der Waals surface area contributed by atoms with E-state index in [-0.39, 0.29) is 35.6 Å². The van der Waals surface area contributed by atoms with Crippen LogP contribution in [0.4, 0.5) is 0 Å². The monoisotopic (exact) mass is 876 g/mol. The number of hydrogen-bond donors (Lipinski definition) is 0. The maximum Gasteiger partial charge on any atom is -1.00 e. The minimum atomic E-state index is 0. The number of allylic oxidation sites excluding steroid dienone is 4. The van der Waals surface area contributed by atoms with Crippen molar-refractivity contribution in [3.63, 3.8) is 0 Å². The molecule has 6 rings (SSSR count). The average molecular weight is 880 g/mol. The van der Waals surface area contributed by atoms with E-state index in [0.717, 1.165) is 27.6 Å². The fourth-order valence-electron chi connectivity index (χ4n) is 7.04. The minimum Gasteiger partial charge on any atom is -1.00 e. The number of unbranched alkanes of at least 4 members (excludes halogenated alkanes) is 1. The Hall–Kier alpha value is -1.73. The van der Waals surface area contributed by atoms with Crippen molar-refractivity contribution in [2.24, 2.45) is 11.3 Å². The Balaban J connectivity index is 0.000000288. The van der Waals surface area contributed by atoms with Crippen molar-refractivity contribution < 1.29 is 49.0 Å². The largest absolute Gasteiger partial charge is 1.00 e. The molecule has 0 radical (unpaired) electrons. The van der Waals surface area contributed by atoms with Crippen LogP contribution in [0, 0.1) is 37.3 Å². The van der Waals surface area contributed by atoms with Crippen molar-refractivity contribution >= 4 is 26.4 Å². The molecule has 1 unspecified atom stereocenters. The van der Waals surface area contributed by atoms with Gasteiger partial charge in [-0.25, -0.2) is 6.08 Å². The molecular weight excluding hydrogens is 822 g/mol. The first-order valence-electron chi connectivity index (χ1n) is 18.8. The number of aryl methyl sites for hydroxylation is 2. The number of fused-ring (bicyclic) bond motifs is 3. The Kier molecular flexibility index (Phi) is 18.0. The Morgan fingerprint density at radius 1 is 0.741 bits per heavy atom. The topological polar surface area (TPSA) is 0 Å². The summed E-state index contributed by atoms with van der Waals surface area (Å²) in [7, 11) is 0. The second-order valence-electron chi connectivity index (χ2n) is 17.5. The molecule has 0 aromatic heterocycles. The summed E-state index contributed by atoms with van der Waals surface area (Å²) < 4.78 is 1.26. The van der Waals surface area contributed by atoms with Crippen molar-refractivity contribution in [2.75, 3.05) is 0 Å². The van der Waals surface area contributed by atoms with E-state index in [4.69, 9.17) is 23.2 Å². The van der Waals surface area contributed by atoms with E-state index in [0.29, 0.717) is 11.3 Å². The van der Waals surface area contributed by atoms with Gasteiger partial charge in [-0.15, -0.1) is 16.7 Å². The maximum atomic E-state index is 5.98. The Morgan fingerprint density at radius 2 is 1.28 bits per heavy atom. The van der Waals surface area contributed by atoms with Crippen molar-refractivity contribution in [2.45, 2.75) is 120 Å². The van der Waals surface area contributed by atoms with E-state index in [1.54, 1.807) is 0 Å². The third kappa shape index (κ3) is 12.9. The van der Waals surface area contributed by atoms with Crippen LogP contribution in [0.25, 0.3) is 11.1 Å². The Morgan fingerprint density at radius 3 is 1.74 bits per heavy atom. The number of hydrogen-bond acceptors (Lipinski definition) is 0. The quantitative estimate of drug-likeness (QED) is 0.156. The predicted molar refractivity (Wildman–Crippen MR) is 225 cm³/mol. The fourth-order valence-corrected chi connectivity index (χ4v) is 8.19. The summed E-state index contributed by atoms with van der Waals surface area (Å²) in [5.74, 6) is 0.592. The predicted octanol–water partition coefficient (Wildman–Crippen LogP) is 8.53. The normalized spacial score (nSPS) is 14.3. The molecule has 4 aromatic rings. The van der Waals surface area contributed by atoms with E-state index in [9.17, 15) is 0 Å². The van der Waals surface area contributed by atoms with Gasteiger partial charge in [-0.05, 0) is 35.4 Å². The van der Waals surface area contributed by atoms with Crippen LogP contribution in [-0.2, 0) is 41.5 Å². The van der Waals surface area contributed by atoms with E-state index in [1.165, 1.54) is 96.8 Å². The molecule has 0 spiro atoms. The smallest absolute Gasteiger partial charge is 1.00 e. The molecular formula is C49H58Cl4Zr-2.